The van der Waals surface area contributed by atoms with E-state index in [1.54, 1.807) is 38.1 Å². The first-order chi connectivity index (χ1) is 11.7. The first kappa shape index (κ1) is 18.9. The quantitative estimate of drug-likeness (QED) is 0.737. The molecule has 0 aliphatic rings. The van der Waals surface area contributed by atoms with E-state index >= 15 is 0 Å². The van der Waals surface area contributed by atoms with Gasteiger partial charge in [-0.3, -0.25) is 9.10 Å². The molecule has 0 saturated heterocycles. The van der Waals surface area contributed by atoms with E-state index in [0.29, 0.717) is 5.69 Å². The molecule has 0 fully saturated rings. The smallest absolute Gasteiger partial charge is 0.327 e. The van der Waals surface area contributed by atoms with Gasteiger partial charge in [-0.25, -0.2) is 12.8 Å². The van der Waals surface area contributed by atoms with Crippen molar-refractivity contribution in [2.45, 2.75) is 31.8 Å². The monoisotopic (exact) mass is 365 g/mol. The lowest BCUT2D eigenvalue weighted by Gasteiger charge is -2.24. The number of rotatable bonds is 6. The van der Waals surface area contributed by atoms with Crippen molar-refractivity contribution in [1.29, 1.82) is 0 Å². The number of hydrogen-bond acceptors (Lipinski definition) is 4. The van der Waals surface area contributed by atoms with Crippen molar-refractivity contribution in [2.24, 2.45) is 0 Å². The van der Waals surface area contributed by atoms with Crippen molar-refractivity contribution in [1.82, 2.24) is 0 Å². The van der Waals surface area contributed by atoms with E-state index in [0.717, 1.165) is 22.0 Å². The minimum atomic E-state index is -4.05. The van der Waals surface area contributed by atoms with Crippen molar-refractivity contribution in [3.63, 3.8) is 0 Å². The average Bonchev–Trinajstić information content (AvgIpc) is 2.53. The third kappa shape index (κ3) is 4.79. The highest BCUT2D eigenvalue weighted by atomic mass is 32.2. The second kappa shape index (κ2) is 7.65. The molecule has 0 amide bonds. The fourth-order valence-corrected chi connectivity index (χ4v) is 3.59. The molecule has 0 bridgehead atoms. The molecule has 134 valence electrons. The van der Waals surface area contributed by atoms with Gasteiger partial charge < -0.3 is 4.74 Å². The van der Waals surface area contributed by atoms with Gasteiger partial charge in [0.05, 0.1) is 16.7 Å². The van der Waals surface area contributed by atoms with Crippen LogP contribution in [0.25, 0.3) is 0 Å². The van der Waals surface area contributed by atoms with Gasteiger partial charge in [0.1, 0.15) is 12.4 Å². The molecule has 25 heavy (non-hydrogen) atoms. The highest BCUT2D eigenvalue weighted by molar-refractivity contribution is 7.92. The standard InChI is InChI=1S/C18H20FNO4S/c1-13(2)24-18(21)12-20(16-8-4-14(3)5-9-16)25(22,23)17-10-6-15(19)7-11-17/h4-11,13H,12H2,1-3H3. The van der Waals surface area contributed by atoms with Crippen LogP contribution in [0, 0.1) is 12.7 Å². The number of aryl methyl sites for hydroxylation is 1. The molecule has 0 saturated carbocycles. The minimum Gasteiger partial charge on any atom is -0.462 e. The van der Waals surface area contributed by atoms with E-state index in [4.69, 9.17) is 4.74 Å². The highest BCUT2D eigenvalue weighted by Gasteiger charge is 2.28. The maximum atomic E-state index is 13.1. The van der Waals surface area contributed by atoms with Crippen molar-refractivity contribution in [2.75, 3.05) is 10.8 Å². The van der Waals surface area contributed by atoms with Gasteiger partial charge in [0.15, 0.2) is 0 Å². The minimum absolute atomic E-state index is 0.105. The number of nitrogens with zero attached hydrogens (tertiary/aromatic N) is 1. The lowest BCUT2D eigenvalue weighted by molar-refractivity contribution is -0.145. The van der Waals surface area contributed by atoms with Crippen molar-refractivity contribution >= 4 is 21.7 Å². The SMILES string of the molecule is Cc1ccc(N(CC(=O)OC(C)C)S(=O)(=O)c2ccc(F)cc2)cc1. The maximum Gasteiger partial charge on any atom is 0.327 e. The van der Waals surface area contributed by atoms with E-state index < -0.39 is 28.4 Å². The number of carbonyl (C=O) groups is 1. The summed E-state index contributed by atoms with van der Waals surface area (Å²) in [6.45, 7) is 4.77. The summed E-state index contributed by atoms with van der Waals surface area (Å²) in [5, 5.41) is 0. The molecule has 0 aromatic heterocycles. The maximum absolute atomic E-state index is 13.1. The molecule has 0 atom stereocenters. The molecule has 0 aliphatic heterocycles. The van der Waals surface area contributed by atoms with E-state index in [1.165, 1.54) is 12.1 Å². The summed E-state index contributed by atoms with van der Waals surface area (Å²) in [6.07, 6.45) is -0.360. The Kier molecular flexibility index (Phi) is 5.79. The number of sulfonamides is 1. The molecule has 0 spiro atoms. The summed E-state index contributed by atoms with van der Waals surface area (Å²) >= 11 is 0. The molecule has 2 aromatic carbocycles. The molecule has 7 heteroatoms. The van der Waals surface area contributed by atoms with Crippen molar-refractivity contribution in [3.8, 4) is 0 Å². The molecule has 5 nitrogen and oxygen atoms in total. The summed E-state index contributed by atoms with van der Waals surface area (Å²) in [5.74, 6) is -1.21. The third-order valence-corrected chi connectivity index (χ3v) is 5.15. The third-order valence-electron chi connectivity index (χ3n) is 3.36. The van der Waals surface area contributed by atoms with Crippen LogP contribution >= 0.6 is 0 Å². The van der Waals surface area contributed by atoms with Crippen LogP contribution in [0.1, 0.15) is 19.4 Å². The second-order valence-corrected chi connectivity index (χ2v) is 7.70. The second-order valence-electron chi connectivity index (χ2n) is 5.84. The van der Waals surface area contributed by atoms with Gasteiger partial charge in [-0.05, 0) is 57.2 Å². The molecular weight excluding hydrogens is 345 g/mol. The van der Waals surface area contributed by atoms with Crippen LogP contribution in [0.3, 0.4) is 0 Å². The van der Waals surface area contributed by atoms with E-state index in [1.807, 2.05) is 6.92 Å². The number of benzene rings is 2. The number of anilines is 1. The van der Waals surface area contributed by atoms with Crippen LogP contribution in [0.4, 0.5) is 10.1 Å². The van der Waals surface area contributed by atoms with Gasteiger partial charge >= 0.3 is 5.97 Å². The fourth-order valence-electron chi connectivity index (χ4n) is 2.18. The van der Waals surface area contributed by atoms with E-state index in [9.17, 15) is 17.6 Å². The number of halogens is 1. The molecule has 0 radical (unpaired) electrons. The lowest BCUT2D eigenvalue weighted by atomic mass is 10.2. The zero-order valence-electron chi connectivity index (χ0n) is 14.3. The first-order valence-corrected chi connectivity index (χ1v) is 9.18. The Morgan fingerprint density at radius 1 is 1.08 bits per heavy atom. The molecule has 2 rings (SSSR count). The van der Waals surface area contributed by atoms with Gasteiger partial charge in [-0.1, -0.05) is 17.7 Å². The van der Waals surface area contributed by atoms with Crippen LogP contribution in [-0.2, 0) is 19.6 Å². The van der Waals surface area contributed by atoms with E-state index in [-0.39, 0.29) is 11.0 Å². The predicted octanol–water partition coefficient (Wildman–Crippen LogP) is 3.28. The van der Waals surface area contributed by atoms with Crippen LogP contribution < -0.4 is 4.31 Å². The summed E-state index contributed by atoms with van der Waals surface area (Å²) in [7, 11) is -4.05. The summed E-state index contributed by atoms with van der Waals surface area (Å²) in [6, 6.07) is 11.2. The number of ether oxygens (including phenoxy) is 1. The van der Waals surface area contributed by atoms with Crippen molar-refractivity contribution in [3.05, 3.63) is 59.9 Å². The van der Waals surface area contributed by atoms with Gasteiger partial charge in [-0.2, -0.15) is 0 Å². The van der Waals surface area contributed by atoms with Gasteiger partial charge in [-0.15, -0.1) is 0 Å². The Labute approximate surface area is 147 Å². The van der Waals surface area contributed by atoms with E-state index in [2.05, 4.69) is 0 Å². The molecule has 0 aliphatic carbocycles. The molecule has 0 heterocycles. The zero-order valence-corrected chi connectivity index (χ0v) is 15.1. The van der Waals surface area contributed by atoms with Crippen LogP contribution in [-0.4, -0.2) is 27.0 Å². The Morgan fingerprint density at radius 2 is 1.64 bits per heavy atom. The Morgan fingerprint density at radius 3 is 2.16 bits per heavy atom. The van der Waals surface area contributed by atoms with Crippen molar-refractivity contribution < 1.29 is 22.3 Å². The van der Waals surface area contributed by atoms with Gasteiger partial charge in [0.25, 0.3) is 10.0 Å². The van der Waals surface area contributed by atoms with Crippen LogP contribution in [0.5, 0.6) is 0 Å². The molecular formula is C18H20FNO4S. The summed E-state index contributed by atoms with van der Waals surface area (Å²) < 4.78 is 45.0. The summed E-state index contributed by atoms with van der Waals surface area (Å²) in [5.41, 5.74) is 1.28. The predicted molar refractivity (Wildman–Crippen MR) is 93.3 cm³/mol. The average molecular weight is 365 g/mol. The molecule has 2 aromatic rings. The van der Waals surface area contributed by atoms with Gasteiger partial charge in [0.2, 0.25) is 0 Å². The largest absolute Gasteiger partial charge is 0.462 e. The topological polar surface area (TPSA) is 63.7 Å². The molecule has 0 unspecified atom stereocenters. The number of carbonyl (C=O) groups excluding carboxylic acids is 1. The highest BCUT2D eigenvalue weighted by Crippen LogP contribution is 2.24. The Hall–Kier alpha value is -2.41. The summed E-state index contributed by atoms with van der Waals surface area (Å²) in [4.78, 5) is 11.9. The first-order valence-electron chi connectivity index (χ1n) is 7.74. The number of esters is 1. The van der Waals surface area contributed by atoms with Crippen LogP contribution in [0.15, 0.2) is 53.4 Å². The fraction of sp³-hybridized carbons (Fsp3) is 0.278. The molecule has 0 N–H and O–H groups in total. The normalized spacial score (nSPS) is 11.4. The zero-order chi connectivity index (χ0) is 18.6. The number of hydrogen-bond donors (Lipinski definition) is 0. The lowest BCUT2D eigenvalue weighted by Crippen LogP contribution is -2.37. The Balaban J connectivity index is 2.44. The Bertz CT molecular complexity index is 830. The van der Waals surface area contributed by atoms with Crippen LogP contribution in [0.2, 0.25) is 0 Å². The van der Waals surface area contributed by atoms with Gasteiger partial charge in [0, 0.05) is 0 Å².